The SMILES string of the molecule is CC(C)Oc1cccc(C(=O)CN2CCC[C@@](CC[N+]34CCC(c5ccccc5)(CC3)CC4)(c3ccc(Cl)c(Cl)c3)C2)c1. The summed E-state index contributed by atoms with van der Waals surface area (Å²) in [6.45, 7) is 11.1. The number of rotatable bonds is 10. The molecule has 3 aromatic carbocycles. The van der Waals surface area contributed by atoms with Gasteiger partial charge in [-0.2, -0.15) is 0 Å². The molecular weight excluding hydrogens is 575 g/mol. The van der Waals surface area contributed by atoms with Crippen LogP contribution in [0.1, 0.15) is 73.9 Å². The van der Waals surface area contributed by atoms with Gasteiger partial charge in [0, 0.05) is 48.6 Å². The molecule has 43 heavy (non-hydrogen) atoms. The van der Waals surface area contributed by atoms with E-state index in [-0.39, 0.29) is 17.3 Å². The molecule has 3 aromatic rings. The van der Waals surface area contributed by atoms with Crippen LogP contribution in [0.2, 0.25) is 10.0 Å². The number of nitrogens with zero attached hydrogens (tertiary/aromatic N) is 2. The Bertz CT molecular complexity index is 1420. The van der Waals surface area contributed by atoms with Gasteiger partial charge >= 0.3 is 0 Å². The van der Waals surface area contributed by atoms with Crippen molar-refractivity contribution in [3.63, 3.8) is 0 Å². The zero-order chi connectivity index (χ0) is 30.1. The summed E-state index contributed by atoms with van der Waals surface area (Å²) >= 11 is 13.0. The number of ketones is 1. The summed E-state index contributed by atoms with van der Waals surface area (Å²) < 4.78 is 7.08. The average Bonchev–Trinajstić information content (AvgIpc) is 3.03. The van der Waals surface area contributed by atoms with Gasteiger partial charge in [0.1, 0.15) is 5.75 Å². The van der Waals surface area contributed by atoms with Gasteiger partial charge in [-0.3, -0.25) is 9.69 Å². The molecule has 2 bridgehead atoms. The number of carbonyl (C=O) groups is 1. The Hall–Kier alpha value is -2.37. The van der Waals surface area contributed by atoms with Crippen molar-refractivity contribution in [1.82, 2.24) is 4.90 Å². The summed E-state index contributed by atoms with van der Waals surface area (Å²) in [5.74, 6) is 0.892. The van der Waals surface area contributed by atoms with E-state index in [1.54, 1.807) is 0 Å². The van der Waals surface area contributed by atoms with E-state index in [0.29, 0.717) is 27.6 Å². The fourth-order valence-electron chi connectivity index (χ4n) is 8.16. The zero-order valence-corrected chi connectivity index (χ0v) is 27.2. The van der Waals surface area contributed by atoms with Crippen LogP contribution in [0.5, 0.6) is 5.75 Å². The molecule has 0 aromatic heterocycles. The molecule has 4 aliphatic heterocycles. The second kappa shape index (κ2) is 12.6. The fourth-order valence-corrected chi connectivity index (χ4v) is 8.45. The number of hydrogen-bond acceptors (Lipinski definition) is 3. The van der Waals surface area contributed by atoms with E-state index < -0.39 is 0 Å². The molecule has 0 saturated carbocycles. The number of ether oxygens (including phenoxy) is 1. The van der Waals surface area contributed by atoms with Crippen LogP contribution in [-0.4, -0.2) is 67.1 Å². The highest BCUT2D eigenvalue weighted by Gasteiger charge is 2.50. The molecule has 4 fully saturated rings. The molecule has 6 heteroatoms. The maximum atomic E-state index is 13.5. The number of benzene rings is 3. The highest BCUT2D eigenvalue weighted by atomic mass is 35.5. The minimum absolute atomic E-state index is 0.0617. The predicted octanol–water partition coefficient (Wildman–Crippen LogP) is 8.34. The van der Waals surface area contributed by atoms with Crippen molar-refractivity contribution < 1.29 is 14.0 Å². The number of Topliss-reactive ketones (excluding diaryl/α,β-unsaturated/α-hetero) is 1. The van der Waals surface area contributed by atoms with Gasteiger partial charge in [-0.15, -0.1) is 0 Å². The third-order valence-corrected chi connectivity index (χ3v) is 11.5. The lowest BCUT2D eigenvalue weighted by Crippen LogP contribution is -2.64. The second-order valence-electron chi connectivity index (χ2n) is 13.7. The van der Waals surface area contributed by atoms with Gasteiger partial charge in [0.25, 0.3) is 0 Å². The lowest BCUT2D eigenvalue weighted by molar-refractivity contribution is -0.944. The number of likely N-dealkylation sites (tertiary alicyclic amines) is 1. The molecule has 7 rings (SSSR count). The van der Waals surface area contributed by atoms with Crippen molar-refractivity contribution in [3.8, 4) is 5.75 Å². The summed E-state index contributed by atoms with van der Waals surface area (Å²) in [7, 11) is 0. The molecule has 0 amide bonds. The highest BCUT2D eigenvalue weighted by molar-refractivity contribution is 6.42. The molecule has 0 unspecified atom stereocenters. The molecule has 4 nitrogen and oxygen atoms in total. The summed E-state index contributed by atoms with van der Waals surface area (Å²) in [5, 5.41) is 1.21. The molecule has 4 heterocycles. The minimum Gasteiger partial charge on any atom is -0.491 e. The molecule has 228 valence electrons. The van der Waals surface area contributed by atoms with Crippen LogP contribution < -0.4 is 4.74 Å². The molecule has 1 atom stereocenters. The molecule has 4 saturated heterocycles. The Morgan fingerprint density at radius 2 is 1.63 bits per heavy atom. The van der Waals surface area contributed by atoms with Gasteiger partial charge in [0.2, 0.25) is 0 Å². The molecule has 4 aliphatic rings. The number of hydrogen-bond donors (Lipinski definition) is 0. The van der Waals surface area contributed by atoms with Crippen molar-refractivity contribution in [3.05, 3.63) is 99.5 Å². The van der Waals surface area contributed by atoms with Crippen molar-refractivity contribution in [2.45, 2.75) is 69.3 Å². The van der Waals surface area contributed by atoms with Gasteiger partial charge in [-0.05, 0) is 68.6 Å². The number of carbonyl (C=O) groups excluding carboxylic acids is 1. The Morgan fingerprint density at radius 1 is 0.884 bits per heavy atom. The Labute approximate surface area is 267 Å². The largest absolute Gasteiger partial charge is 0.491 e. The Balaban J connectivity index is 1.19. The van der Waals surface area contributed by atoms with E-state index in [1.807, 2.05) is 44.2 Å². The topological polar surface area (TPSA) is 29.5 Å². The molecule has 0 spiro atoms. The third kappa shape index (κ3) is 6.54. The number of piperidine rings is 4. The first-order valence-electron chi connectivity index (χ1n) is 16.1. The highest BCUT2D eigenvalue weighted by Crippen LogP contribution is 2.48. The van der Waals surface area contributed by atoms with E-state index in [2.05, 4.69) is 47.4 Å². The quantitative estimate of drug-likeness (QED) is 0.169. The van der Waals surface area contributed by atoms with Crippen molar-refractivity contribution >= 4 is 29.0 Å². The number of fused-ring (bicyclic) bond motifs is 3. The molecule has 0 N–H and O–H groups in total. The number of halogens is 2. The molecule has 0 aliphatic carbocycles. The van der Waals surface area contributed by atoms with E-state index in [9.17, 15) is 4.79 Å². The van der Waals surface area contributed by atoms with Crippen molar-refractivity contribution in [1.29, 1.82) is 0 Å². The third-order valence-electron chi connectivity index (χ3n) is 10.7. The van der Waals surface area contributed by atoms with Crippen LogP contribution in [0.25, 0.3) is 0 Å². The maximum absolute atomic E-state index is 13.5. The van der Waals surface area contributed by atoms with E-state index in [1.165, 1.54) is 61.1 Å². The fraction of sp³-hybridized carbons (Fsp3) is 0.486. The van der Waals surface area contributed by atoms with Crippen LogP contribution in [0.4, 0.5) is 0 Å². The summed E-state index contributed by atoms with van der Waals surface area (Å²) in [4.78, 5) is 15.9. The Morgan fingerprint density at radius 3 is 2.33 bits per heavy atom. The van der Waals surface area contributed by atoms with Gasteiger partial charge in [-0.25, -0.2) is 0 Å². The van der Waals surface area contributed by atoms with Gasteiger partial charge in [-0.1, -0.05) is 71.7 Å². The van der Waals surface area contributed by atoms with E-state index >= 15 is 0 Å². The second-order valence-corrected chi connectivity index (χ2v) is 14.5. The van der Waals surface area contributed by atoms with Gasteiger partial charge in [0.05, 0.1) is 48.9 Å². The summed E-state index contributed by atoms with van der Waals surface area (Å²) in [6, 6.07) is 25.1. The lowest BCUT2D eigenvalue weighted by Gasteiger charge is -2.56. The smallest absolute Gasteiger partial charge is 0.176 e. The maximum Gasteiger partial charge on any atom is 0.176 e. The normalized spacial score (nSPS) is 27.4. The van der Waals surface area contributed by atoms with Crippen LogP contribution in [0, 0.1) is 0 Å². The van der Waals surface area contributed by atoms with Gasteiger partial charge in [0.15, 0.2) is 5.78 Å². The predicted molar refractivity (Wildman–Crippen MR) is 177 cm³/mol. The van der Waals surface area contributed by atoms with E-state index in [0.717, 1.165) is 38.1 Å². The van der Waals surface area contributed by atoms with Gasteiger partial charge < -0.3 is 9.22 Å². The lowest BCUT2D eigenvalue weighted by atomic mass is 9.65. The Kier molecular flexibility index (Phi) is 8.95. The average molecular weight is 621 g/mol. The van der Waals surface area contributed by atoms with E-state index in [4.69, 9.17) is 27.9 Å². The first-order chi connectivity index (χ1) is 20.7. The minimum atomic E-state index is -0.0617. The standard InChI is InChI=1S/C37H45Cl2N2O2/c1-28(2)43-32-11-6-8-29(24-32)35(42)26-40-19-7-14-37(27-40,31-12-13-33(38)34(39)25-31)18-23-41-20-15-36(16-21-41,17-22-41)30-9-4-3-5-10-30/h3-6,8-13,24-25,28H,7,14-23,26-27H2,1-2H3/q+1/t36?,37-,41?/m0/s1. The summed E-state index contributed by atoms with van der Waals surface area (Å²) in [5.41, 5.74) is 3.81. The van der Waals surface area contributed by atoms with Crippen LogP contribution in [0.15, 0.2) is 72.8 Å². The van der Waals surface area contributed by atoms with Crippen molar-refractivity contribution in [2.75, 3.05) is 45.8 Å². The van der Waals surface area contributed by atoms with Crippen LogP contribution in [0.3, 0.4) is 0 Å². The zero-order valence-electron chi connectivity index (χ0n) is 25.7. The monoisotopic (exact) mass is 619 g/mol. The van der Waals surface area contributed by atoms with Crippen molar-refractivity contribution in [2.24, 2.45) is 0 Å². The first-order valence-corrected chi connectivity index (χ1v) is 16.8. The molecular formula is C37H45Cl2N2O2+. The van der Waals surface area contributed by atoms with Crippen LogP contribution >= 0.6 is 23.2 Å². The first kappa shape index (κ1) is 30.6. The molecule has 0 radical (unpaired) electrons. The van der Waals surface area contributed by atoms with Crippen LogP contribution in [-0.2, 0) is 10.8 Å². The summed E-state index contributed by atoms with van der Waals surface area (Å²) in [6.07, 6.45) is 7.14. The number of quaternary nitrogens is 1.